The molecule has 3 aromatic carbocycles. The fourth-order valence-corrected chi connectivity index (χ4v) is 6.04. The Morgan fingerprint density at radius 2 is 1.61 bits per heavy atom. The molecule has 0 fully saturated rings. The molecule has 0 aliphatic carbocycles. The van der Waals surface area contributed by atoms with E-state index in [1.54, 1.807) is 36.4 Å². The highest BCUT2D eigenvalue weighted by Crippen LogP contribution is 2.36. The van der Waals surface area contributed by atoms with E-state index in [1.165, 1.54) is 17.0 Å². The topological polar surface area (TPSA) is 105 Å². The third-order valence-electron chi connectivity index (χ3n) is 6.83. The molecule has 0 saturated heterocycles. The third kappa shape index (κ3) is 7.18. The van der Waals surface area contributed by atoms with E-state index in [1.807, 2.05) is 45.0 Å². The maximum Gasteiger partial charge on any atom is 0.264 e. The van der Waals surface area contributed by atoms with Crippen molar-refractivity contribution >= 4 is 27.5 Å². The van der Waals surface area contributed by atoms with Crippen LogP contribution in [0.15, 0.2) is 77.7 Å². The number of carbonyl (C=O) groups excluding carboxylic acids is 2. The fraction of sp³-hybridized carbons (Fsp3) is 0.355. The summed E-state index contributed by atoms with van der Waals surface area (Å²) in [4.78, 5) is 28.8. The van der Waals surface area contributed by atoms with Crippen molar-refractivity contribution in [3.05, 3.63) is 83.9 Å². The maximum absolute atomic E-state index is 14.1. The van der Waals surface area contributed by atoms with Crippen LogP contribution in [0.1, 0.15) is 37.8 Å². The predicted molar refractivity (Wildman–Crippen MR) is 158 cm³/mol. The number of benzene rings is 3. The molecule has 0 radical (unpaired) electrons. The number of anilines is 1. The standard InChI is InChI=1S/C31H37N3O6S/c1-4-17-32-31(36)27(5-2)33(21-24-13-11-23(3)12-14-24)30(35)22-34(41(37,38)26-9-7-6-8-10-26)25-15-16-28-29(20-25)40-19-18-39-28/h6-16,20,27H,4-5,17-19,21-22H2,1-3H3,(H,32,36)/t27-/m0/s1. The Morgan fingerprint density at radius 1 is 0.927 bits per heavy atom. The van der Waals surface area contributed by atoms with Crippen LogP contribution in [0.2, 0.25) is 0 Å². The summed E-state index contributed by atoms with van der Waals surface area (Å²) in [6.45, 7) is 6.60. The molecular formula is C31H37N3O6S. The van der Waals surface area contributed by atoms with Crippen molar-refractivity contribution in [2.24, 2.45) is 0 Å². The van der Waals surface area contributed by atoms with Crippen LogP contribution in [0.25, 0.3) is 0 Å². The first-order valence-corrected chi connectivity index (χ1v) is 15.3. The largest absolute Gasteiger partial charge is 0.486 e. The van der Waals surface area contributed by atoms with Crippen LogP contribution in [0, 0.1) is 6.92 Å². The van der Waals surface area contributed by atoms with E-state index in [9.17, 15) is 18.0 Å². The molecule has 3 aromatic rings. The molecule has 10 heteroatoms. The lowest BCUT2D eigenvalue weighted by atomic mass is 10.1. The van der Waals surface area contributed by atoms with Crippen molar-refractivity contribution in [3.8, 4) is 11.5 Å². The third-order valence-corrected chi connectivity index (χ3v) is 8.62. The van der Waals surface area contributed by atoms with Gasteiger partial charge in [0.15, 0.2) is 11.5 Å². The van der Waals surface area contributed by atoms with Gasteiger partial charge in [0.25, 0.3) is 10.0 Å². The van der Waals surface area contributed by atoms with Crippen molar-refractivity contribution < 1.29 is 27.5 Å². The molecule has 0 bridgehead atoms. The number of rotatable bonds is 12. The van der Waals surface area contributed by atoms with Gasteiger partial charge in [-0.1, -0.05) is 61.9 Å². The average molecular weight is 580 g/mol. The van der Waals surface area contributed by atoms with Crippen molar-refractivity contribution in [2.45, 2.75) is 51.1 Å². The molecule has 1 aliphatic rings. The van der Waals surface area contributed by atoms with Gasteiger partial charge in [-0.25, -0.2) is 8.42 Å². The molecule has 1 atom stereocenters. The second-order valence-corrected chi connectivity index (χ2v) is 11.7. The Hall–Kier alpha value is -4.05. The molecule has 41 heavy (non-hydrogen) atoms. The van der Waals surface area contributed by atoms with E-state index in [0.717, 1.165) is 21.9 Å². The SMILES string of the molecule is CCCNC(=O)[C@H](CC)N(Cc1ccc(C)cc1)C(=O)CN(c1ccc2c(c1)OCCO2)S(=O)(=O)c1ccccc1. The van der Waals surface area contributed by atoms with Crippen LogP contribution in [0.3, 0.4) is 0 Å². The zero-order valence-electron chi connectivity index (χ0n) is 23.7. The lowest BCUT2D eigenvalue weighted by molar-refractivity contribution is -0.140. The van der Waals surface area contributed by atoms with Crippen molar-refractivity contribution in [1.29, 1.82) is 0 Å². The van der Waals surface area contributed by atoms with Crippen molar-refractivity contribution in [3.63, 3.8) is 0 Å². The number of nitrogens with one attached hydrogen (secondary N) is 1. The number of fused-ring (bicyclic) bond motifs is 1. The Labute approximate surface area is 242 Å². The Kier molecular flexibility index (Phi) is 9.88. The highest BCUT2D eigenvalue weighted by atomic mass is 32.2. The van der Waals surface area contributed by atoms with Crippen LogP contribution in [0.5, 0.6) is 11.5 Å². The van der Waals surface area contributed by atoms with Crippen LogP contribution in [0.4, 0.5) is 5.69 Å². The van der Waals surface area contributed by atoms with Gasteiger partial charge in [0.1, 0.15) is 25.8 Å². The molecule has 4 rings (SSSR count). The van der Waals surface area contributed by atoms with E-state index in [-0.39, 0.29) is 23.0 Å². The minimum Gasteiger partial charge on any atom is -0.486 e. The summed E-state index contributed by atoms with van der Waals surface area (Å²) in [6, 6.07) is 19.7. The highest BCUT2D eigenvalue weighted by molar-refractivity contribution is 7.92. The van der Waals surface area contributed by atoms with Crippen LogP contribution < -0.4 is 19.1 Å². The Bertz CT molecular complexity index is 1440. The number of sulfonamides is 1. The normalized spacial score (nSPS) is 13.2. The van der Waals surface area contributed by atoms with E-state index in [4.69, 9.17) is 9.47 Å². The summed E-state index contributed by atoms with van der Waals surface area (Å²) in [7, 11) is -4.17. The zero-order chi connectivity index (χ0) is 29.4. The molecule has 2 amide bonds. The van der Waals surface area contributed by atoms with E-state index in [0.29, 0.717) is 37.7 Å². The molecule has 0 saturated carbocycles. The monoisotopic (exact) mass is 579 g/mol. The van der Waals surface area contributed by atoms with Gasteiger partial charge in [0.05, 0.1) is 10.6 Å². The quantitative estimate of drug-likeness (QED) is 0.343. The summed E-state index contributed by atoms with van der Waals surface area (Å²) in [5.41, 5.74) is 2.16. The average Bonchev–Trinajstić information content (AvgIpc) is 2.99. The maximum atomic E-state index is 14.1. The van der Waals surface area contributed by atoms with E-state index < -0.39 is 28.5 Å². The summed E-state index contributed by atoms with van der Waals surface area (Å²) in [5, 5.41) is 2.89. The number of aryl methyl sites for hydroxylation is 1. The van der Waals surface area contributed by atoms with Gasteiger partial charge in [-0.3, -0.25) is 13.9 Å². The van der Waals surface area contributed by atoms with Crippen molar-refractivity contribution in [1.82, 2.24) is 10.2 Å². The number of hydrogen-bond donors (Lipinski definition) is 1. The van der Waals surface area contributed by atoms with Gasteiger partial charge < -0.3 is 19.7 Å². The summed E-state index contributed by atoms with van der Waals surface area (Å²) in [6.07, 6.45) is 1.11. The molecule has 0 unspecified atom stereocenters. The molecule has 218 valence electrons. The minimum absolute atomic E-state index is 0.0421. The van der Waals surface area contributed by atoms with Gasteiger partial charge in [-0.05, 0) is 49.6 Å². The number of carbonyl (C=O) groups is 2. The molecule has 0 aromatic heterocycles. The van der Waals surface area contributed by atoms with Crippen LogP contribution >= 0.6 is 0 Å². The zero-order valence-corrected chi connectivity index (χ0v) is 24.5. The smallest absolute Gasteiger partial charge is 0.264 e. The lowest BCUT2D eigenvalue weighted by Gasteiger charge is -2.33. The van der Waals surface area contributed by atoms with Crippen molar-refractivity contribution in [2.75, 3.05) is 30.6 Å². The van der Waals surface area contributed by atoms with Gasteiger partial charge >= 0.3 is 0 Å². The number of amides is 2. The Balaban J connectivity index is 1.74. The highest BCUT2D eigenvalue weighted by Gasteiger charge is 2.34. The summed E-state index contributed by atoms with van der Waals surface area (Å²) < 4.78 is 40.3. The molecule has 0 spiro atoms. The second kappa shape index (κ2) is 13.5. The number of nitrogens with zero attached hydrogens (tertiary/aromatic N) is 2. The predicted octanol–water partition coefficient (Wildman–Crippen LogP) is 4.30. The lowest BCUT2D eigenvalue weighted by Crippen LogP contribution is -2.52. The molecule has 1 aliphatic heterocycles. The van der Waals surface area contributed by atoms with Gasteiger partial charge in [-0.2, -0.15) is 0 Å². The number of ether oxygens (including phenoxy) is 2. The van der Waals surface area contributed by atoms with E-state index >= 15 is 0 Å². The van der Waals surface area contributed by atoms with Crippen LogP contribution in [-0.2, 0) is 26.2 Å². The summed E-state index contributed by atoms with van der Waals surface area (Å²) >= 11 is 0. The summed E-state index contributed by atoms with van der Waals surface area (Å²) in [5.74, 6) is 0.129. The Morgan fingerprint density at radius 3 is 2.27 bits per heavy atom. The van der Waals surface area contributed by atoms with Gasteiger partial charge in [0, 0.05) is 19.2 Å². The number of hydrogen-bond acceptors (Lipinski definition) is 6. The fourth-order valence-electron chi connectivity index (χ4n) is 4.61. The second-order valence-electron chi connectivity index (χ2n) is 9.88. The molecule has 1 heterocycles. The van der Waals surface area contributed by atoms with Crippen LogP contribution in [-0.4, -0.2) is 57.5 Å². The van der Waals surface area contributed by atoms with E-state index in [2.05, 4.69) is 5.32 Å². The first kappa shape index (κ1) is 29.9. The first-order chi connectivity index (χ1) is 19.7. The van der Waals surface area contributed by atoms with Gasteiger partial charge in [-0.15, -0.1) is 0 Å². The molecular weight excluding hydrogens is 542 g/mol. The molecule has 9 nitrogen and oxygen atoms in total. The van der Waals surface area contributed by atoms with Gasteiger partial charge in [0.2, 0.25) is 11.8 Å². The first-order valence-electron chi connectivity index (χ1n) is 13.8. The minimum atomic E-state index is -4.17. The molecule has 1 N–H and O–H groups in total.